The number of amides is 1. The SMILES string of the molecule is Cc1nc2ccccc2n1[C@H](C)C(=O)N[C@H](C)[C@H]1C[C@H]2CC[C@H]1C2. The predicted octanol–water partition coefficient (Wildman–Crippen LogP) is 3.85. The van der Waals surface area contributed by atoms with Crippen molar-refractivity contribution >= 4 is 16.9 Å². The van der Waals surface area contributed by atoms with Gasteiger partial charge in [0.25, 0.3) is 0 Å². The van der Waals surface area contributed by atoms with Gasteiger partial charge in [-0.25, -0.2) is 4.98 Å². The van der Waals surface area contributed by atoms with E-state index < -0.39 is 0 Å². The van der Waals surface area contributed by atoms with Gasteiger partial charge in [0.05, 0.1) is 11.0 Å². The van der Waals surface area contributed by atoms with Gasteiger partial charge in [0.15, 0.2) is 0 Å². The van der Waals surface area contributed by atoms with E-state index in [9.17, 15) is 4.79 Å². The van der Waals surface area contributed by atoms with Crippen LogP contribution in [0.4, 0.5) is 0 Å². The minimum Gasteiger partial charge on any atom is -0.352 e. The molecule has 2 bridgehead atoms. The molecule has 1 N–H and O–H groups in total. The molecule has 1 heterocycles. The molecule has 2 aliphatic carbocycles. The monoisotopic (exact) mass is 325 g/mol. The Bertz CT molecular complexity index is 765. The van der Waals surface area contributed by atoms with E-state index in [0.717, 1.165) is 28.7 Å². The standard InChI is InChI=1S/C20H27N3O/c1-12(17-11-15-8-9-16(17)10-15)21-20(24)13(2)23-14(3)22-18-6-4-5-7-19(18)23/h4-7,12-13,15-17H,8-11H2,1-3H3,(H,21,24)/t12-,13-,15+,16+,17-/m1/s1. The molecule has 128 valence electrons. The van der Waals surface area contributed by atoms with E-state index in [2.05, 4.69) is 21.8 Å². The first kappa shape index (κ1) is 15.7. The molecule has 1 amide bonds. The van der Waals surface area contributed by atoms with Crippen LogP contribution in [0, 0.1) is 24.7 Å². The number of imidazole rings is 1. The normalized spacial score (nSPS) is 28.2. The van der Waals surface area contributed by atoms with Crippen molar-refractivity contribution < 1.29 is 4.79 Å². The Morgan fingerprint density at radius 3 is 2.75 bits per heavy atom. The van der Waals surface area contributed by atoms with Crippen molar-refractivity contribution in [2.45, 2.75) is 58.5 Å². The lowest BCUT2D eigenvalue weighted by Gasteiger charge is -2.29. The highest BCUT2D eigenvalue weighted by Crippen LogP contribution is 2.49. The number of benzene rings is 1. The fourth-order valence-electron chi connectivity index (χ4n) is 5.13. The number of aromatic nitrogens is 2. The van der Waals surface area contributed by atoms with Crippen LogP contribution in [0.25, 0.3) is 11.0 Å². The molecule has 4 rings (SSSR count). The van der Waals surface area contributed by atoms with E-state index in [1.807, 2.05) is 38.1 Å². The average Bonchev–Trinajstić information content (AvgIpc) is 3.26. The number of aryl methyl sites for hydroxylation is 1. The first-order valence-electron chi connectivity index (χ1n) is 9.28. The molecule has 2 saturated carbocycles. The number of carbonyl (C=O) groups excluding carboxylic acids is 1. The molecular formula is C20H27N3O. The molecule has 1 aromatic heterocycles. The van der Waals surface area contributed by atoms with Crippen LogP contribution in [0.2, 0.25) is 0 Å². The zero-order valence-electron chi connectivity index (χ0n) is 14.8. The lowest BCUT2D eigenvalue weighted by Crippen LogP contribution is -2.43. The van der Waals surface area contributed by atoms with E-state index in [-0.39, 0.29) is 18.0 Å². The fraction of sp³-hybridized carbons (Fsp3) is 0.600. The highest BCUT2D eigenvalue weighted by Gasteiger charge is 2.42. The van der Waals surface area contributed by atoms with E-state index in [1.54, 1.807) is 0 Å². The minimum absolute atomic E-state index is 0.108. The zero-order chi connectivity index (χ0) is 16.8. The van der Waals surface area contributed by atoms with E-state index in [4.69, 9.17) is 0 Å². The molecule has 0 saturated heterocycles. The molecule has 2 fully saturated rings. The number of rotatable bonds is 4. The number of carbonyl (C=O) groups is 1. The van der Waals surface area contributed by atoms with Gasteiger partial charge in [-0.05, 0) is 69.9 Å². The van der Waals surface area contributed by atoms with Gasteiger partial charge >= 0.3 is 0 Å². The van der Waals surface area contributed by atoms with Crippen LogP contribution >= 0.6 is 0 Å². The number of para-hydroxylation sites is 2. The molecule has 0 radical (unpaired) electrons. The molecule has 5 atom stereocenters. The molecular weight excluding hydrogens is 298 g/mol. The van der Waals surface area contributed by atoms with Gasteiger partial charge in [0.2, 0.25) is 5.91 Å². The van der Waals surface area contributed by atoms with Crippen molar-refractivity contribution in [1.82, 2.24) is 14.9 Å². The van der Waals surface area contributed by atoms with Crippen molar-refractivity contribution in [1.29, 1.82) is 0 Å². The van der Waals surface area contributed by atoms with Crippen LogP contribution in [0.5, 0.6) is 0 Å². The van der Waals surface area contributed by atoms with Crippen molar-refractivity contribution in [3.8, 4) is 0 Å². The predicted molar refractivity (Wildman–Crippen MR) is 95.7 cm³/mol. The van der Waals surface area contributed by atoms with Gasteiger partial charge in [-0.2, -0.15) is 0 Å². The van der Waals surface area contributed by atoms with Gasteiger partial charge in [-0.15, -0.1) is 0 Å². The van der Waals surface area contributed by atoms with E-state index >= 15 is 0 Å². The highest BCUT2D eigenvalue weighted by molar-refractivity contribution is 5.84. The molecule has 4 heteroatoms. The first-order valence-corrected chi connectivity index (χ1v) is 9.28. The van der Waals surface area contributed by atoms with Crippen molar-refractivity contribution in [3.63, 3.8) is 0 Å². The summed E-state index contributed by atoms with van der Waals surface area (Å²) in [6.07, 6.45) is 5.44. The summed E-state index contributed by atoms with van der Waals surface area (Å²) in [7, 11) is 0. The second-order valence-corrected chi connectivity index (χ2v) is 7.83. The summed E-state index contributed by atoms with van der Waals surface area (Å²) in [4.78, 5) is 17.4. The number of nitrogens with zero attached hydrogens (tertiary/aromatic N) is 2. The second-order valence-electron chi connectivity index (χ2n) is 7.83. The maximum Gasteiger partial charge on any atom is 0.243 e. The highest BCUT2D eigenvalue weighted by atomic mass is 16.2. The minimum atomic E-state index is -0.238. The number of nitrogens with one attached hydrogen (secondary N) is 1. The van der Waals surface area contributed by atoms with Crippen molar-refractivity contribution in [2.24, 2.45) is 17.8 Å². The third-order valence-electron chi connectivity index (χ3n) is 6.34. The first-order chi connectivity index (χ1) is 11.5. The molecule has 2 aromatic rings. The average molecular weight is 325 g/mol. The van der Waals surface area contributed by atoms with Gasteiger partial charge in [-0.3, -0.25) is 4.79 Å². The Balaban J connectivity index is 1.50. The van der Waals surface area contributed by atoms with Crippen LogP contribution in [-0.4, -0.2) is 21.5 Å². The third kappa shape index (κ3) is 2.52. The Kier molecular flexibility index (Phi) is 3.86. The lowest BCUT2D eigenvalue weighted by molar-refractivity contribution is -0.124. The molecule has 0 unspecified atom stereocenters. The summed E-state index contributed by atoms with van der Waals surface area (Å²) in [5.74, 6) is 3.41. The zero-order valence-corrected chi connectivity index (χ0v) is 14.8. The van der Waals surface area contributed by atoms with Gasteiger partial charge in [-0.1, -0.05) is 18.6 Å². The quantitative estimate of drug-likeness (QED) is 0.928. The van der Waals surface area contributed by atoms with Crippen LogP contribution < -0.4 is 5.32 Å². The van der Waals surface area contributed by atoms with Gasteiger partial charge in [0, 0.05) is 6.04 Å². The van der Waals surface area contributed by atoms with E-state index in [0.29, 0.717) is 5.92 Å². The summed E-state index contributed by atoms with van der Waals surface area (Å²) in [5, 5.41) is 3.30. The summed E-state index contributed by atoms with van der Waals surface area (Å²) in [5.41, 5.74) is 1.99. The Morgan fingerprint density at radius 2 is 2.04 bits per heavy atom. The topological polar surface area (TPSA) is 46.9 Å². The molecule has 1 aromatic carbocycles. The van der Waals surface area contributed by atoms with Crippen LogP contribution in [0.15, 0.2) is 24.3 Å². The lowest BCUT2D eigenvalue weighted by atomic mass is 9.84. The van der Waals surface area contributed by atoms with Crippen LogP contribution in [0.1, 0.15) is 51.4 Å². The largest absolute Gasteiger partial charge is 0.352 e. The maximum atomic E-state index is 12.9. The summed E-state index contributed by atoms with van der Waals surface area (Å²) in [6.45, 7) is 6.14. The summed E-state index contributed by atoms with van der Waals surface area (Å²) >= 11 is 0. The number of hydrogen-bond donors (Lipinski definition) is 1. The van der Waals surface area contributed by atoms with Gasteiger partial charge in [0.1, 0.15) is 11.9 Å². The third-order valence-corrected chi connectivity index (χ3v) is 6.34. The molecule has 24 heavy (non-hydrogen) atoms. The number of hydrogen-bond acceptors (Lipinski definition) is 2. The fourth-order valence-corrected chi connectivity index (χ4v) is 5.13. The maximum absolute atomic E-state index is 12.9. The Labute approximate surface area is 143 Å². The second kappa shape index (κ2) is 5.91. The Morgan fingerprint density at radius 1 is 1.25 bits per heavy atom. The van der Waals surface area contributed by atoms with E-state index in [1.165, 1.54) is 25.7 Å². The summed E-state index contributed by atoms with van der Waals surface area (Å²) in [6, 6.07) is 8.06. The molecule has 0 spiro atoms. The van der Waals surface area contributed by atoms with Crippen molar-refractivity contribution in [2.75, 3.05) is 0 Å². The molecule has 0 aliphatic heterocycles. The Hall–Kier alpha value is -1.84. The molecule has 2 aliphatic rings. The smallest absolute Gasteiger partial charge is 0.243 e. The van der Waals surface area contributed by atoms with Gasteiger partial charge < -0.3 is 9.88 Å². The van der Waals surface area contributed by atoms with Crippen LogP contribution in [-0.2, 0) is 4.79 Å². The number of fused-ring (bicyclic) bond motifs is 3. The molecule has 4 nitrogen and oxygen atoms in total. The summed E-state index contributed by atoms with van der Waals surface area (Å²) < 4.78 is 2.05. The van der Waals surface area contributed by atoms with Crippen molar-refractivity contribution in [3.05, 3.63) is 30.1 Å². The van der Waals surface area contributed by atoms with Crippen LogP contribution in [0.3, 0.4) is 0 Å².